The maximum atomic E-state index is 12.5. The number of carbonyl (C=O) groups is 2. The number of nitrogens with zero attached hydrogens (tertiary/aromatic N) is 2. The molecule has 3 atom stereocenters. The second-order valence-electron chi connectivity index (χ2n) is 6.05. The van der Waals surface area contributed by atoms with Crippen molar-refractivity contribution < 1.29 is 9.59 Å². The molecule has 2 aliphatic heterocycles. The maximum absolute atomic E-state index is 12.5. The first-order valence-electron chi connectivity index (χ1n) is 7.98. The third-order valence-corrected chi connectivity index (χ3v) is 4.49. The summed E-state index contributed by atoms with van der Waals surface area (Å²) in [6, 6.07) is 10.5. The van der Waals surface area contributed by atoms with Gasteiger partial charge in [-0.2, -0.15) is 5.26 Å². The van der Waals surface area contributed by atoms with Crippen LogP contribution in [0.25, 0.3) is 0 Å². The number of carbonyl (C=O) groups excluding carboxylic acids is 2. The van der Waals surface area contributed by atoms with Crippen molar-refractivity contribution in [3.63, 3.8) is 0 Å². The molecule has 2 heterocycles. The highest BCUT2D eigenvalue weighted by Gasteiger charge is 2.37. The lowest BCUT2D eigenvalue weighted by Gasteiger charge is -2.23. The van der Waals surface area contributed by atoms with Crippen molar-refractivity contribution >= 4 is 11.8 Å². The summed E-state index contributed by atoms with van der Waals surface area (Å²) in [5.41, 5.74) is 0.617. The van der Waals surface area contributed by atoms with E-state index in [1.165, 1.54) is 0 Å². The molecule has 6 nitrogen and oxygen atoms in total. The molecule has 1 unspecified atom stereocenters. The first kappa shape index (κ1) is 15.5. The summed E-state index contributed by atoms with van der Waals surface area (Å²) in [7, 11) is 0. The molecule has 2 fully saturated rings. The predicted molar refractivity (Wildman–Crippen MR) is 84.5 cm³/mol. The van der Waals surface area contributed by atoms with Crippen molar-refractivity contribution in [2.45, 2.75) is 37.4 Å². The van der Waals surface area contributed by atoms with Gasteiger partial charge in [-0.05, 0) is 31.4 Å². The summed E-state index contributed by atoms with van der Waals surface area (Å²) in [6.07, 6.45) is 2.19. The molecular weight excluding hydrogens is 292 g/mol. The van der Waals surface area contributed by atoms with Crippen molar-refractivity contribution in [3.05, 3.63) is 35.9 Å². The van der Waals surface area contributed by atoms with E-state index in [0.29, 0.717) is 25.1 Å². The van der Waals surface area contributed by atoms with Crippen LogP contribution in [-0.2, 0) is 4.79 Å². The van der Waals surface area contributed by atoms with E-state index in [1.54, 1.807) is 17.0 Å². The highest BCUT2D eigenvalue weighted by Crippen LogP contribution is 2.20. The highest BCUT2D eigenvalue weighted by molar-refractivity contribution is 5.94. The molecule has 2 aliphatic rings. The number of rotatable bonds is 3. The Balaban J connectivity index is 1.55. The number of hydrogen-bond donors (Lipinski definition) is 2. The Morgan fingerprint density at radius 3 is 2.83 bits per heavy atom. The maximum Gasteiger partial charge on any atom is 0.251 e. The lowest BCUT2D eigenvalue weighted by molar-refractivity contribution is -0.133. The van der Waals surface area contributed by atoms with Crippen molar-refractivity contribution in [3.8, 4) is 6.07 Å². The molecule has 23 heavy (non-hydrogen) atoms. The summed E-state index contributed by atoms with van der Waals surface area (Å²) >= 11 is 0. The van der Waals surface area contributed by atoms with Gasteiger partial charge in [0, 0.05) is 24.7 Å². The van der Waals surface area contributed by atoms with Crippen LogP contribution >= 0.6 is 0 Å². The number of nitriles is 1. The predicted octanol–water partition coefficient (Wildman–Crippen LogP) is 0.661. The van der Waals surface area contributed by atoms with Crippen LogP contribution in [-0.4, -0.2) is 47.9 Å². The van der Waals surface area contributed by atoms with Gasteiger partial charge in [0.25, 0.3) is 5.91 Å². The van der Waals surface area contributed by atoms with Crippen molar-refractivity contribution in [2.75, 3.05) is 13.1 Å². The van der Waals surface area contributed by atoms with Crippen LogP contribution in [0.2, 0.25) is 0 Å². The van der Waals surface area contributed by atoms with E-state index in [4.69, 9.17) is 5.26 Å². The van der Waals surface area contributed by atoms with Gasteiger partial charge in [-0.15, -0.1) is 0 Å². The van der Waals surface area contributed by atoms with Crippen LogP contribution in [0.1, 0.15) is 29.6 Å². The first-order valence-corrected chi connectivity index (χ1v) is 7.98. The van der Waals surface area contributed by atoms with E-state index in [1.807, 2.05) is 18.2 Å². The Labute approximate surface area is 135 Å². The van der Waals surface area contributed by atoms with E-state index in [-0.39, 0.29) is 29.9 Å². The minimum atomic E-state index is -0.315. The quantitative estimate of drug-likeness (QED) is 0.859. The third kappa shape index (κ3) is 3.35. The summed E-state index contributed by atoms with van der Waals surface area (Å²) in [4.78, 5) is 26.3. The fourth-order valence-electron chi connectivity index (χ4n) is 3.26. The lowest BCUT2D eigenvalue weighted by Crippen LogP contribution is -2.45. The molecule has 2 saturated heterocycles. The van der Waals surface area contributed by atoms with Gasteiger partial charge in [-0.25, -0.2) is 0 Å². The number of benzene rings is 1. The molecule has 0 radical (unpaired) electrons. The van der Waals surface area contributed by atoms with Gasteiger partial charge in [-0.3, -0.25) is 9.59 Å². The average Bonchev–Trinajstić information content (AvgIpc) is 3.24. The zero-order valence-corrected chi connectivity index (χ0v) is 12.9. The van der Waals surface area contributed by atoms with Crippen molar-refractivity contribution in [2.24, 2.45) is 0 Å². The van der Waals surface area contributed by atoms with Crippen LogP contribution in [0.15, 0.2) is 30.3 Å². The molecular formula is C17H20N4O2. The number of likely N-dealkylation sites (tertiary alicyclic amines) is 1. The Morgan fingerprint density at radius 1 is 1.30 bits per heavy atom. The van der Waals surface area contributed by atoms with E-state index < -0.39 is 0 Å². The summed E-state index contributed by atoms with van der Waals surface area (Å²) in [6.45, 7) is 1.22. The smallest absolute Gasteiger partial charge is 0.251 e. The highest BCUT2D eigenvalue weighted by atomic mass is 16.2. The van der Waals surface area contributed by atoms with Crippen LogP contribution in [0.4, 0.5) is 0 Å². The van der Waals surface area contributed by atoms with Gasteiger partial charge in [0.2, 0.25) is 5.91 Å². The minimum absolute atomic E-state index is 0.0227. The SMILES string of the molecule is N#CC1CCCN1C(=O)[C@@H]1C[C@H](NC(=O)c2ccccc2)CN1. The molecule has 0 saturated carbocycles. The Hall–Kier alpha value is -2.39. The van der Waals surface area contributed by atoms with E-state index in [0.717, 1.165) is 12.8 Å². The standard InChI is InChI=1S/C17H20N4O2/c18-10-14-7-4-8-21(14)17(23)15-9-13(11-19-15)20-16(22)12-5-2-1-3-6-12/h1-3,5-6,13-15,19H,4,7-9,11H2,(H,20,22)/t13-,14?,15-/m0/s1. The van der Waals surface area contributed by atoms with E-state index in [2.05, 4.69) is 16.7 Å². The topological polar surface area (TPSA) is 85.2 Å². The van der Waals surface area contributed by atoms with Gasteiger partial charge in [0.05, 0.1) is 12.1 Å². The number of amides is 2. The fourth-order valence-corrected chi connectivity index (χ4v) is 3.26. The zero-order valence-electron chi connectivity index (χ0n) is 12.9. The molecule has 120 valence electrons. The normalized spacial score (nSPS) is 26.7. The van der Waals surface area contributed by atoms with E-state index in [9.17, 15) is 9.59 Å². The van der Waals surface area contributed by atoms with Gasteiger partial charge in [-0.1, -0.05) is 18.2 Å². The third-order valence-electron chi connectivity index (χ3n) is 4.49. The Bertz CT molecular complexity index is 625. The second kappa shape index (κ2) is 6.80. The fraction of sp³-hybridized carbons (Fsp3) is 0.471. The van der Waals surface area contributed by atoms with Gasteiger partial charge >= 0.3 is 0 Å². The summed E-state index contributed by atoms with van der Waals surface area (Å²) in [5.74, 6) is -0.146. The number of hydrogen-bond acceptors (Lipinski definition) is 4. The molecule has 0 aliphatic carbocycles. The molecule has 1 aromatic rings. The Morgan fingerprint density at radius 2 is 2.09 bits per heavy atom. The minimum Gasteiger partial charge on any atom is -0.348 e. The zero-order chi connectivity index (χ0) is 16.2. The molecule has 2 amide bonds. The van der Waals surface area contributed by atoms with Gasteiger partial charge < -0.3 is 15.5 Å². The molecule has 2 N–H and O–H groups in total. The summed E-state index contributed by atoms with van der Waals surface area (Å²) < 4.78 is 0. The second-order valence-corrected chi connectivity index (χ2v) is 6.05. The molecule has 0 spiro atoms. The average molecular weight is 312 g/mol. The van der Waals surface area contributed by atoms with Crippen LogP contribution in [0, 0.1) is 11.3 Å². The van der Waals surface area contributed by atoms with Gasteiger partial charge in [0.15, 0.2) is 0 Å². The van der Waals surface area contributed by atoms with Crippen LogP contribution in [0.5, 0.6) is 0 Å². The molecule has 1 aromatic carbocycles. The molecule has 0 bridgehead atoms. The lowest BCUT2D eigenvalue weighted by atomic mass is 10.1. The van der Waals surface area contributed by atoms with Crippen molar-refractivity contribution in [1.29, 1.82) is 5.26 Å². The summed E-state index contributed by atoms with van der Waals surface area (Å²) in [5, 5.41) is 15.2. The van der Waals surface area contributed by atoms with Gasteiger partial charge in [0.1, 0.15) is 6.04 Å². The van der Waals surface area contributed by atoms with Crippen LogP contribution in [0.3, 0.4) is 0 Å². The van der Waals surface area contributed by atoms with Crippen molar-refractivity contribution in [1.82, 2.24) is 15.5 Å². The first-order chi connectivity index (χ1) is 11.2. The molecule has 3 rings (SSSR count). The van der Waals surface area contributed by atoms with E-state index >= 15 is 0 Å². The molecule has 6 heteroatoms. The molecule has 0 aromatic heterocycles. The Kier molecular flexibility index (Phi) is 4.58. The van der Waals surface area contributed by atoms with Crippen LogP contribution < -0.4 is 10.6 Å². The number of nitrogens with one attached hydrogen (secondary N) is 2. The largest absolute Gasteiger partial charge is 0.348 e. The monoisotopic (exact) mass is 312 g/mol.